The molecular formula is C24H28FNO2. The highest BCUT2D eigenvalue weighted by Crippen LogP contribution is 2.37. The van der Waals surface area contributed by atoms with Crippen LogP contribution < -0.4 is 0 Å². The third-order valence-electron chi connectivity index (χ3n) is 6.07. The van der Waals surface area contributed by atoms with Crippen molar-refractivity contribution in [3.63, 3.8) is 0 Å². The van der Waals surface area contributed by atoms with Crippen LogP contribution >= 0.6 is 0 Å². The summed E-state index contributed by atoms with van der Waals surface area (Å²) in [5, 5.41) is 8.48. The van der Waals surface area contributed by atoms with Gasteiger partial charge in [-0.05, 0) is 80.9 Å². The summed E-state index contributed by atoms with van der Waals surface area (Å²) in [7, 11) is 0. The predicted molar refractivity (Wildman–Crippen MR) is 107 cm³/mol. The van der Waals surface area contributed by atoms with E-state index >= 15 is 0 Å². The van der Waals surface area contributed by atoms with E-state index in [1.165, 1.54) is 23.8 Å². The first-order valence-electron chi connectivity index (χ1n) is 10.3. The number of rotatable bonds is 5. The smallest absolute Gasteiger partial charge is 0.309 e. The van der Waals surface area contributed by atoms with Gasteiger partial charge in [0, 0.05) is 6.08 Å². The lowest BCUT2D eigenvalue weighted by atomic mass is 9.78. The standard InChI is InChI=1S/C24H28FNO2/c25-22-13-11-20(12-14-22)19-7-9-21(10-8-19)24(27)28-23-15-5-18(6-16-23)4-2-1-3-17-26/h1-4,11-14,18-19,21,23H,5-10,15-16H2/b3-1?,4-2+. The summed E-state index contributed by atoms with van der Waals surface area (Å²) < 4.78 is 18.9. The van der Waals surface area contributed by atoms with E-state index in [4.69, 9.17) is 10.00 Å². The number of carbonyl (C=O) groups excluding carboxylic acids is 1. The molecule has 0 bridgehead atoms. The summed E-state index contributed by atoms with van der Waals surface area (Å²) in [6, 6.07) is 8.73. The van der Waals surface area contributed by atoms with Crippen molar-refractivity contribution in [2.45, 2.75) is 63.4 Å². The average molecular weight is 381 g/mol. The predicted octanol–water partition coefficient (Wildman–Crippen LogP) is 5.84. The molecule has 148 valence electrons. The molecule has 1 aromatic rings. The molecule has 28 heavy (non-hydrogen) atoms. The molecule has 3 nitrogen and oxygen atoms in total. The highest BCUT2D eigenvalue weighted by Gasteiger charge is 2.30. The molecule has 0 radical (unpaired) electrons. The zero-order valence-corrected chi connectivity index (χ0v) is 16.2. The molecule has 0 heterocycles. The Bertz CT molecular complexity index is 731. The van der Waals surface area contributed by atoms with E-state index in [2.05, 4.69) is 6.08 Å². The fourth-order valence-corrected chi connectivity index (χ4v) is 4.38. The van der Waals surface area contributed by atoms with Gasteiger partial charge in [0.1, 0.15) is 11.9 Å². The summed E-state index contributed by atoms with van der Waals surface area (Å²) in [6.07, 6.45) is 14.8. The number of allylic oxidation sites excluding steroid dienone is 4. The van der Waals surface area contributed by atoms with Gasteiger partial charge in [-0.1, -0.05) is 30.4 Å². The van der Waals surface area contributed by atoms with E-state index in [1.54, 1.807) is 6.08 Å². The molecule has 0 atom stereocenters. The third kappa shape index (κ3) is 5.79. The molecule has 0 unspecified atom stereocenters. The largest absolute Gasteiger partial charge is 0.462 e. The van der Waals surface area contributed by atoms with Crippen molar-refractivity contribution in [2.24, 2.45) is 11.8 Å². The third-order valence-corrected chi connectivity index (χ3v) is 6.07. The maximum Gasteiger partial charge on any atom is 0.309 e. The van der Waals surface area contributed by atoms with Crippen molar-refractivity contribution in [2.75, 3.05) is 0 Å². The number of ether oxygens (including phenoxy) is 1. The number of nitrogens with zero attached hydrogens (tertiary/aromatic N) is 1. The summed E-state index contributed by atoms with van der Waals surface area (Å²) >= 11 is 0. The molecule has 0 amide bonds. The molecule has 0 aromatic heterocycles. The van der Waals surface area contributed by atoms with Gasteiger partial charge in [0.05, 0.1) is 12.0 Å². The molecule has 2 aliphatic carbocycles. The maximum absolute atomic E-state index is 13.1. The lowest BCUT2D eigenvalue weighted by Gasteiger charge is -2.31. The van der Waals surface area contributed by atoms with Gasteiger partial charge in [-0.25, -0.2) is 4.39 Å². The Balaban J connectivity index is 1.39. The maximum atomic E-state index is 13.1. The van der Waals surface area contributed by atoms with E-state index in [0.717, 1.165) is 51.4 Å². The minimum Gasteiger partial charge on any atom is -0.462 e. The molecule has 0 spiro atoms. The molecule has 0 N–H and O–H groups in total. The molecule has 1 aromatic carbocycles. The molecule has 2 saturated carbocycles. The Morgan fingerprint density at radius 3 is 2.32 bits per heavy atom. The molecule has 2 aliphatic rings. The first-order chi connectivity index (χ1) is 13.7. The highest BCUT2D eigenvalue weighted by molar-refractivity contribution is 5.72. The summed E-state index contributed by atoms with van der Waals surface area (Å²) in [4.78, 5) is 12.6. The van der Waals surface area contributed by atoms with Crippen LogP contribution in [0.2, 0.25) is 0 Å². The second-order valence-corrected chi connectivity index (χ2v) is 7.95. The van der Waals surface area contributed by atoms with Crippen molar-refractivity contribution in [1.82, 2.24) is 0 Å². The van der Waals surface area contributed by atoms with Gasteiger partial charge in [0.15, 0.2) is 0 Å². The SMILES string of the molecule is N#CC=C/C=C/C1CCC(OC(=O)C2CCC(c3ccc(F)cc3)CC2)CC1. The molecule has 3 rings (SSSR count). The van der Waals surface area contributed by atoms with Crippen LogP contribution in [0.4, 0.5) is 4.39 Å². The van der Waals surface area contributed by atoms with Crippen LogP contribution in [0.1, 0.15) is 62.8 Å². The summed E-state index contributed by atoms with van der Waals surface area (Å²) in [6.45, 7) is 0. The number of nitriles is 1. The van der Waals surface area contributed by atoms with Gasteiger partial charge in [-0.3, -0.25) is 4.79 Å². The quantitative estimate of drug-likeness (QED) is 0.366. The summed E-state index contributed by atoms with van der Waals surface area (Å²) in [5.41, 5.74) is 1.17. The Hall–Kier alpha value is -2.41. The van der Waals surface area contributed by atoms with Crippen molar-refractivity contribution in [3.05, 3.63) is 60.0 Å². The van der Waals surface area contributed by atoms with Gasteiger partial charge >= 0.3 is 5.97 Å². The topological polar surface area (TPSA) is 50.1 Å². The Kier molecular flexibility index (Phi) is 7.42. The normalized spacial score (nSPS) is 28.3. The monoisotopic (exact) mass is 381 g/mol. The Morgan fingerprint density at radius 1 is 1.00 bits per heavy atom. The Labute approximate surface area is 166 Å². The zero-order chi connectivity index (χ0) is 19.8. The van der Waals surface area contributed by atoms with Crippen LogP contribution in [0.25, 0.3) is 0 Å². The lowest BCUT2D eigenvalue weighted by Crippen LogP contribution is -2.29. The first kappa shape index (κ1) is 20.3. The van der Waals surface area contributed by atoms with Gasteiger partial charge < -0.3 is 4.74 Å². The first-order valence-corrected chi connectivity index (χ1v) is 10.3. The number of hydrogen-bond donors (Lipinski definition) is 0. The van der Waals surface area contributed by atoms with Crippen molar-refractivity contribution in [1.29, 1.82) is 5.26 Å². The van der Waals surface area contributed by atoms with Gasteiger partial charge in [0.25, 0.3) is 0 Å². The van der Waals surface area contributed by atoms with Gasteiger partial charge in [0.2, 0.25) is 0 Å². The fraction of sp³-hybridized carbons (Fsp3) is 0.500. The number of esters is 1. The number of hydrogen-bond acceptors (Lipinski definition) is 3. The van der Waals surface area contributed by atoms with E-state index < -0.39 is 0 Å². The van der Waals surface area contributed by atoms with Crippen LogP contribution in [0.3, 0.4) is 0 Å². The van der Waals surface area contributed by atoms with Crippen molar-refractivity contribution >= 4 is 5.97 Å². The lowest BCUT2D eigenvalue weighted by molar-refractivity contribution is -0.157. The van der Waals surface area contributed by atoms with Crippen molar-refractivity contribution < 1.29 is 13.9 Å². The Morgan fingerprint density at radius 2 is 1.68 bits per heavy atom. The van der Waals surface area contributed by atoms with E-state index in [9.17, 15) is 9.18 Å². The highest BCUT2D eigenvalue weighted by atomic mass is 19.1. The van der Waals surface area contributed by atoms with E-state index in [-0.39, 0.29) is 23.8 Å². The van der Waals surface area contributed by atoms with Gasteiger partial charge in [-0.15, -0.1) is 0 Å². The van der Waals surface area contributed by atoms with Crippen LogP contribution in [-0.4, -0.2) is 12.1 Å². The molecule has 0 saturated heterocycles. The number of benzene rings is 1. The minimum atomic E-state index is -0.204. The molecule has 0 aliphatic heterocycles. The second kappa shape index (κ2) is 10.2. The summed E-state index contributed by atoms with van der Waals surface area (Å²) in [5.74, 6) is 0.690. The van der Waals surface area contributed by atoms with Crippen LogP contribution in [-0.2, 0) is 9.53 Å². The molecule has 2 fully saturated rings. The minimum absolute atomic E-state index is 0.00503. The second-order valence-electron chi connectivity index (χ2n) is 7.95. The van der Waals surface area contributed by atoms with Gasteiger partial charge in [-0.2, -0.15) is 5.26 Å². The fourth-order valence-electron chi connectivity index (χ4n) is 4.38. The average Bonchev–Trinajstić information content (AvgIpc) is 2.73. The molecule has 4 heteroatoms. The zero-order valence-electron chi connectivity index (χ0n) is 16.2. The van der Waals surface area contributed by atoms with Crippen LogP contribution in [0, 0.1) is 29.0 Å². The van der Waals surface area contributed by atoms with E-state index in [0.29, 0.717) is 11.8 Å². The number of carbonyl (C=O) groups is 1. The van der Waals surface area contributed by atoms with E-state index in [1.807, 2.05) is 24.3 Å². The van der Waals surface area contributed by atoms with Crippen molar-refractivity contribution in [3.8, 4) is 6.07 Å². The van der Waals surface area contributed by atoms with Crippen LogP contribution in [0.5, 0.6) is 0 Å². The number of halogens is 1. The van der Waals surface area contributed by atoms with Crippen LogP contribution in [0.15, 0.2) is 48.6 Å². The molecular weight excluding hydrogens is 353 g/mol.